The summed E-state index contributed by atoms with van der Waals surface area (Å²) in [6.45, 7) is 5.17. The van der Waals surface area contributed by atoms with Crippen LogP contribution >= 0.6 is 0 Å². The van der Waals surface area contributed by atoms with E-state index in [1.54, 1.807) is 24.8 Å². The molecule has 24 heavy (non-hydrogen) atoms. The van der Waals surface area contributed by atoms with E-state index in [9.17, 15) is 0 Å². The fraction of sp³-hybridized carbons (Fsp3) is 0.529. The second kappa shape index (κ2) is 6.68. The van der Waals surface area contributed by atoms with Crippen molar-refractivity contribution in [3.63, 3.8) is 0 Å². The fourth-order valence-electron chi connectivity index (χ4n) is 3.72. The highest BCUT2D eigenvalue weighted by Gasteiger charge is 2.40. The molecule has 2 saturated heterocycles. The Morgan fingerprint density at radius 2 is 1.83 bits per heavy atom. The Morgan fingerprint density at radius 1 is 0.958 bits per heavy atom. The molecular weight excluding hydrogens is 304 g/mol. The van der Waals surface area contributed by atoms with Gasteiger partial charge >= 0.3 is 0 Å². The molecule has 4 heterocycles. The third kappa shape index (κ3) is 3.17. The van der Waals surface area contributed by atoms with Gasteiger partial charge in [0.25, 0.3) is 0 Å². The van der Waals surface area contributed by atoms with Gasteiger partial charge in [-0.1, -0.05) is 0 Å². The van der Waals surface area contributed by atoms with Crippen LogP contribution in [0.4, 0.5) is 11.8 Å². The Bertz CT molecular complexity index is 655. The first kappa shape index (κ1) is 15.3. The molecule has 2 fully saturated rings. The van der Waals surface area contributed by atoms with Crippen LogP contribution in [0, 0.1) is 5.41 Å². The molecule has 0 amide bonds. The summed E-state index contributed by atoms with van der Waals surface area (Å²) in [5, 5.41) is 0. The molecule has 2 aliphatic heterocycles. The molecule has 126 valence electrons. The highest BCUT2D eigenvalue weighted by atomic mass is 16.5. The number of ether oxygens (including phenoxy) is 1. The molecular formula is C17H22N6O. The van der Waals surface area contributed by atoms with Crippen LogP contribution in [0.1, 0.15) is 12.8 Å². The highest BCUT2D eigenvalue weighted by molar-refractivity contribution is 5.37. The van der Waals surface area contributed by atoms with E-state index >= 15 is 0 Å². The van der Waals surface area contributed by atoms with Crippen LogP contribution in [0.3, 0.4) is 0 Å². The minimum absolute atomic E-state index is 0.0749. The van der Waals surface area contributed by atoms with Gasteiger partial charge in [0, 0.05) is 56.4 Å². The van der Waals surface area contributed by atoms with Gasteiger partial charge in [0.1, 0.15) is 5.82 Å². The highest BCUT2D eigenvalue weighted by Crippen LogP contribution is 2.35. The van der Waals surface area contributed by atoms with E-state index in [1.807, 2.05) is 12.3 Å². The zero-order chi connectivity index (χ0) is 16.2. The second-order valence-electron chi connectivity index (χ2n) is 6.61. The van der Waals surface area contributed by atoms with Crippen LogP contribution in [-0.2, 0) is 4.74 Å². The van der Waals surface area contributed by atoms with Crippen LogP contribution in [0.5, 0.6) is 0 Å². The predicted molar refractivity (Wildman–Crippen MR) is 91.0 cm³/mol. The lowest BCUT2D eigenvalue weighted by Gasteiger charge is -2.43. The maximum Gasteiger partial charge on any atom is 0.225 e. The van der Waals surface area contributed by atoms with Crippen molar-refractivity contribution in [3.8, 4) is 0 Å². The van der Waals surface area contributed by atoms with Crippen molar-refractivity contribution in [2.45, 2.75) is 12.8 Å². The van der Waals surface area contributed by atoms with E-state index in [1.165, 1.54) is 0 Å². The Labute approximate surface area is 141 Å². The van der Waals surface area contributed by atoms with Gasteiger partial charge in [-0.25, -0.2) is 15.0 Å². The summed E-state index contributed by atoms with van der Waals surface area (Å²) >= 11 is 0. The number of aromatic nitrogens is 4. The smallest absolute Gasteiger partial charge is 0.225 e. The maximum absolute atomic E-state index is 5.96. The summed E-state index contributed by atoms with van der Waals surface area (Å²) in [7, 11) is 0. The van der Waals surface area contributed by atoms with Gasteiger partial charge in [-0.05, 0) is 18.9 Å². The van der Waals surface area contributed by atoms with Crippen LogP contribution in [-0.4, -0.2) is 59.3 Å². The molecule has 2 aliphatic rings. The normalized spacial score (nSPS) is 24.8. The van der Waals surface area contributed by atoms with E-state index in [2.05, 4.69) is 29.7 Å². The quantitative estimate of drug-likeness (QED) is 0.826. The monoisotopic (exact) mass is 326 g/mol. The van der Waals surface area contributed by atoms with Crippen LogP contribution < -0.4 is 9.80 Å². The Balaban J connectivity index is 1.56. The Kier molecular flexibility index (Phi) is 4.25. The van der Waals surface area contributed by atoms with Gasteiger partial charge in [-0.3, -0.25) is 4.98 Å². The SMILES string of the molecule is c1cnc(N2CCOCC3(CCCN(c4cnccn4)C3)C2)nc1. The molecule has 4 rings (SSSR count). The second-order valence-corrected chi connectivity index (χ2v) is 6.61. The molecule has 7 nitrogen and oxygen atoms in total. The third-order valence-corrected chi connectivity index (χ3v) is 4.81. The van der Waals surface area contributed by atoms with Gasteiger partial charge in [-0.2, -0.15) is 0 Å². The van der Waals surface area contributed by atoms with Gasteiger partial charge < -0.3 is 14.5 Å². The average Bonchev–Trinajstić information content (AvgIpc) is 2.86. The molecule has 2 aromatic heterocycles. The standard InChI is InChI=1S/C17H22N6O/c1-3-17(12-22(8-1)15-11-18-6-7-19-15)13-23(9-10-24-14-17)16-20-4-2-5-21-16/h2,4-7,11H,1,3,8-10,12-14H2. The minimum Gasteiger partial charge on any atom is -0.379 e. The molecule has 2 aromatic rings. The largest absolute Gasteiger partial charge is 0.379 e. The van der Waals surface area contributed by atoms with E-state index < -0.39 is 0 Å². The molecule has 0 saturated carbocycles. The van der Waals surface area contributed by atoms with Crippen LogP contribution in [0.25, 0.3) is 0 Å². The van der Waals surface area contributed by atoms with E-state index in [0.717, 1.165) is 57.4 Å². The van der Waals surface area contributed by atoms with Crippen molar-refractivity contribution in [1.82, 2.24) is 19.9 Å². The molecule has 0 bridgehead atoms. The lowest BCUT2D eigenvalue weighted by atomic mass is 9.80. The van der Waals surface area contributed by atoms with Gasteiger partial charge in [0.2, 0.25) is 5.95 Å². The number of anilines is 2. The summed E-state index contributed by atoms with van der Waals surface area (Å²) in [6.07, 6.45) is 11.2. The molecule has 0 aromatic carbocycles. The molecule has 0 aliphatic carbocycles. The first-order valence-corrected chi connectivity index (χ1v) is 8.45. The summed E-state index contributed by atoms with van der Waals surface area (Å²) in [6, 6.07) is 1.85. The summed E-state index contributed by atoms with van der Waals surface area (Å²) < 4.78 is 5.96. The third-order valence-electron chi connectivity index (χ3n) is 4.81. The summed E-state index contributed by atoms with van der Waals surface area (Å²) in [4.78, 5) is 22.1. The lowest BCUT2D eigenvalue weighted by molar-refractivity contribution is 0.0597. The van der Waals surface area contributed by atoms with Crippen molar-refractivity contribution >= 4 is 11.8 Å². The van der Waals surface area contributed by atoms with Gasteiger partial charge in [0.15, 0.2) is 0 Å². The van der Waals surface area contributed by atoms with Crippen LogP contribution in [0.2, 0.25) is 0 Å². The minimum atomic E-state index is 0.0749. The van der Waals surface area contributed by atoms with Gasteiger partial charge in [0.05, 0.1) is 19.4 Å². The average molecular weight is 326 g/mol. The number of hydrogen-bond acceptors (Lipinski definition) is 7. The zero-order valence-corrected chi connectivity index (χ0v) is 13.7. The van der Waals surface area contributed by atoms with Crippen molar-refractivity contribution in [2.24, 2.45) is 5.41 Å². The molecule has 0 N–H and O–H groups in total. The molecule has 0 radical (unpaired) electrons. The van der Waals surface area contributed by atoms with E-state index in [-0.39, 0.29) is 5.41 Å². The van der Waals surface area contributed by atoms with E-state index in [0.29, 0.717) is 6.61 Å². The van der Waals surface area contributed by atoms with Crippen molar-refractivity contribution in [2.75, 3.05) is 49.2 Å². The topological polar surface area (TPSA) is 67.3 Å². The first-order valence-electron chi connectivity index (χ1n) is 8.45. The van der Waals surface area contributed by atoms with Crippen molar-refractivity contribution in [1.29, 1.82) is 0 Å². The molecule has 1 unspecified atom stereocenters. The van der Waals surface area contributed by atoms with Crippen molar-refractivity contribution < 1.29 is 4.74 Å². The van der Waals surface area contributed by atoms with Crippen LogP contribution in [0.15, 0.2) is 37.1 Å². The number of hydrogen-bond donors (Lipinski definition) is 0. The van der Waals surface area contributed by atoms with Crippen molar-refractivity contribution in [3.05, 3.63) is 37.1 Å². The molecule has 1 spiro atoms. The predicted octanol–water partition coefficient (Wildman–Crippen LogP) is 1.39. The zero-order valence-electron chi connectivity index (χ0n) is 13.7. The van der Waals surface area contributed by atoms with E-state index in [4.69, 9.17) is 4.74 Å². The maximum atomic E-state index is 5.96. The summed E-state index contributed by atoms with van der Waals surface area (Å²) in [5.41, 5.74) is 0.0749. The number of rotatable bonds is 2. The number of piperidine rings is 1. The van der Waals surface area contributed by atoms with Gasteiger partial charge in [-0.15, -0.1) is 0 Å². The first-order chi connectivity index (χ1) is 11.8. The summed E-state index contributed by atoms with van der Waals surface area (Å²) in [5.74, 6) is 1.74. The molecule has 1 atom stereocenters. The molecule has 7 heteroatoms. The Hall–Kier alpha value is -2.28. The Morgan fingerprint density at radius 3 is 2.67 bits per heavy atom. The fourth-order valence-corrected chi connectivity index (χ4v) is 3.72. The lowest BCUT2D eigenvalue weighted by Crippen LogP contribution is -2.51. The number of nitrogens with zero attached hydrogens (tertiary/aromatic N) is 6.